The third kappa shape index (κ3) is 2.71. The van der Waals surface area contributed by atoms with Crippen LogP contribution in [-0.4, -0.2) is 52.3 Å². The van der Waals surface area contributed by atoms with Crippen molar-refractivity contribution in [2.75, 3.05) is 13.1 Å². The maximum absolute atomic E-state index is 12.1. The minimum absolute atomic E-state index is 0.244. The number of aliphatic hydroxyl groups is 1. The molecule has 2 heterocycles. The van der Waals surface area contributed by atoms with Crippen LogP contribution >= 0.6 is 0 Å². The summed E-state index contributed by atoms with van der Waals surface area (Å²) in [5, 5.41) is 16.7. The second-order valence-electron chi connectivity index (χ2n) is 6.08. The highest BCUT2D eigenvalue weighted by Gasteiger charge is 2.34. The lowest BCUT2D eigenvalue weighted by molar-refractivity contribution is 0.0879. The van der Waals surface area contributed by atoms with Gasteiger partial charge in [-0.3, -0.25) is 9.69 Å². The molecule has 0 bridgehead atoms. The van der Waals surface area contributed by atoms with Gasteiger partial charge in [0.05, 0.1) is 12.1 Å². The highest BCUT2D eigenvalue weighted by Crippen LogP contribution is 2.40. The third-order valence-corrected chi connectivity index (χ3v) is 4.10. The second kappa shape index (κ2) is 5.18. The largest absolute Gasteiger partial charge is 0.390 e. The van der Waals surface area contributed by atoms with Gasteiger partial charge in [0.2, 0.25) is 0 Å². The molecular weight excluding hydrogens is 258 g/mol. The number of β-amino-alcohol motifs (C(OH)–C–C–N with tert-alkyl or cyclic N) is 1. The molecule has 1 saturated carbocycles. The van der Waals surface area contributed by atoms with Crippen LogP contribution in [0.3, 0.4) is 0 Å². The number of carbonyl (C=O) groups excluding carboxylic acids is 1. The summed E-state index contributed by atoms with van der Waals surface area (Å²) in [7, 11) is 0. The first-order valence-corrected chi connectivity index (χ1v) is 7.24. The Kier molecular flexibility index (Phi) is 3.52. The number of aliphatic hydroxyl groups excluding tert-OH is 1. The SMILES string of the molecule is CC(C)N1CC(NC(=O)c2cc(C3CC3)on2)[C@@H](O)C1. The highest BCUT2D eigenvalue weighted by molar-refractivity contribution is 5.92. The van der Waals surface area contributed by atoms with Crippen LogP contribution in [0.2, 0.25) is 0 Å². The van der Waals surface area contributed by atoms with Crippen LogP contribution in [0.1, 0.15) is 48.9 Å². The topological polar surface area (TPSA) is 78.6 Å². The van der Waals surface area contributed by atoms with E-state index in [1.807, 2.05) is 0 Å². The molecule has 1 aromatic rings. The molecule has 2 atom stereocenters. The first kappa shape index (κ1) is 13.6. The Morgan fingerprint density at radius 3 is 2.85 bits per heavy atom. The number of rotatable bonds is 4. The minimum Gasteiger partial charge on any atom is -0.390 e. The van der Waals surface area contributed by atoms with Crippen LogP contribution in [0.25, 0.3) is 0 Å². The fourth-order valence-corrected chi connectivity index (χ4v) is 2.58. The summed E-state index contributed by atoms with van der Waals surface area (Å²) in [4.78, 5) is 14.3. The van der Waals surface area contributed by atoms with Crippen LogP contribution < -0.4 is 5.32 Å². The molecule has 1 saturated heterocycles. The van der Waals surface area contributed by atoms with Crippen LogP contribution in [0.5, 0.6) is 0 Å². The van der Waals surface area contributed by atoms with Crippen LogP contribution in [0, 0.1) is 0 Å². The average Bonchev–Trinajstić information content (AvgIpc) is 3.01. The Labute approximate surface area is 118 Å². The molecule has 1 aliphatic heterocycles. The lowest BCUT2D eigenvalue weighted by Gasteiger charge is -2.19. The van der Waals surface area contributed by atoms with Crippen molar-refractivity contribution in [1.29, 1.82) is 0 Å². The molecule has 6 nitrogen and oxygen atoms in total. The van der Waals surface area contributed by atoms with Gasteiger partial charge in [-0.2, -0.15) is 0 Å². The Morgan fingerprint density at radius 1 is 1.50 bits per heavy atom. The van der Waals surface area contributed by atoms with Gasteiger partial charge in [0.15, 0.2) is 5.69 Å². The summed E-state index contributed by atoms with van der Waals surface area (Å²) >= 11 is 0. The fourth-order valence-electron chi connectivity index (χ4n) is 2.58. The zero-order chi connectivity index (χ0) is 14.3. The van der Waals surface area contributed by atoms with E-state index < -0.39 is 6.10 Å². The van der Waals surface area contributed by atoms with E-state index in [1.165, 1.54) is 0 Å². The number of hydrogen-bond acceptors (Lipinski definition) is 5. The van der Waals surface area contributed by atoms with E-state index in [1.54, 1.807) is 6.07 Å². The van der Waals surface area contributed by atoms with Gasteiger partial charge in [-0.25, -0.2) is 0 Å². The van der Waals surface area contributed by atoms with E-state index in [9.17, 15) is 9.90 Å². The van der Waals surface area contributed by atoms with Gasteiger partial charge in [-0.15, -0.1) is 0 Å². The lowest BCUT2D eigenvalue weighted by atomic mass is 10.2. The summed E-state index contributed by atoms with van der Waals surface area (Å²) < 4.78 is 5.18. The van der Waals surface area contributed by atoms with Crippen molar-refractivity contribution in [1.82, 2.24) is 15.4 Å². The summed E-state index contributed by atoms with van der Waals surface area (Å²) in [6.07, 6.45) is 1.69. The normalized spacial score (nSPS) is 27.2. The fraction of sp³-hybridized carbons (Fsp3) is 0.714. The van der Waals surface area contributed by atoms with Crippen molar-refractivity contribution < 1.29 is 14.4 Å². The maximum Gasteiger partial charge on any atom is 0.273 e. The van der Waals surface area contributed by atoms with Crippen LogP contribution in [0.15, 0.2) is 10.6 Å². The quantitative estimate of drug-likeness (QED) is 0.849. The van der Waals surface area contributed by atoms with Gasteiger partial charge < -0.3 is 14.9 Å². The Morgan fingerprint density at radius 2 is 2.25 bits per heavy atom. The zero-order valence-electron chi connectivity index (χ0n) is 11.9. The number of nitrogens with zero attached hydrogens (tertiary/aromatic N) is 2. The van der Waals surface area contributed by atoms with Crippen molar-refractivity contribution in [3.8, 4) is 0 Å². The first-order chi connectivity index (χ1) is 9.54. The molecule has 110 valence electrons. The van der Waals surface area contributed by atoms with Gasteiger partial charge >= 0.3 is 0 Å². The van der Waals surface area contributed by atoms with Gasteiger partial charge in [0, 0.05) is 31.1 Å². The lowest BCUT2D eigenvalue weighted by Crippen LogP contribution is -2.43. The third-order valence-electron chi connectivity index (χ3n) is 4.10. The van der Waals surface area contributed by atoms with Crippen molar-refractivity contribution in [2.45, 2.75) is 50.8 Å². The summed E-state index contributed by atoms with van der Waals surface area (Å²) in [5.41, 5.74) is 0.307. The van der Waals surface area contributed by atoms with Gasteiger partial charge in [-0.1, -0.05) is 5.16 Å². The van der Waals surface area contributed by atoms with Crippen LogP contribution in [0.4, 0.5) is 0 Å². The van der Waals surface area contributed by atoms with Crippen molar-refractivity contribution in [3.05, 3.63) is 17.5 Å². The van der Waals surface area contributed by atoms with E-state index in [2.05, 4.69) is 29.2 Å². The zero-order valence-corrected chi connectivity index (χ0v) is 11.9. The Bertz CT molecular complexity index is 496. The second-order valence-corrected chi connectivity index (χ2v) is 6.08. The molecule has 2 N–H and O–H groups in total. The number of hydrogen-bond donors (Lipinski definition) is 2. The molecule has 1 aromatic heterocycles. The summed E-state index contributed by atoms with van der Waals surface area (Å²) in [5.74, 6) is 0.971. The maximum atomic E-state index is 12.1. The molecule has 1 amide bonds. The molecule has 1 aliphatic carbocycles. The average molecular weight is 279 g/mol. The number of aromatic nitrogens is 1. The predicted molar refractivity (Wildman–Crippen MR) is 72.4 cm³/mol. The molecule has 3 rings (SSSR count). The molecule has 1 unspecified atom stereocenters. The minimum atomic E-state index is -0.531. The predicted octanol–water partition coefficient (Wildman–Crippen LogP) is 0.735. The van der Waals surface area contributed by atoms with E-state index in [4.69, 9.17) is 4.52 Å². The van der Waals surface area contributed by atoms with E-state index >= 15 is 0 Å². The summed E-state index contributed by atoms with van der Waals surface area (Å²) in [6.45, 7) is 5.42. The number of amides is 1. The van der Waals surface area contributed by atoms with E-state index in [0.717, 1.165) is 18.6 Å². The molecule has 2 aliphatic rings. The Hall–Kier alpha value is -1.40. The Balaban J connectivity index is 1.60. The van der Waals surface area contributed by atoms with Crippen molar-refractivity contribution >= 4 is 5.91 Å². The first-order valence-electron chi connectivity index (χ1n) is 7.24. The molecule has 0 aromatic carbocycles. The molecule has 2 fully saturated rings. The standard InChI is InChI=1S/C14H21N3O3/c1-8(2)17-6-11(12(18)7-17)15-14(19)10-5-13(20-16-10)9-3-4-9/h5,8-9,11-12,18H,3-4,6-7H2,1-2H3,(H,15,19)/t11?,12-/m0/s1. The number of nitrogens with one attached hydrogen (secondary N) is 1. The molecule has 20 heavy (non-hydrogen) atoms. The monoisotopic (exact) mass is 279 g/mol. The smallest absolute Gasteiger partial charge is 0.273 e. The highest BCUT2D eigenvalue weighted by atomic mass is 16.5. The van der Waals surface area contributed by atoms with Crippen LogP contribution in [-0.2, 0) is 0 Å². The van der Waals surface area contributed by atoms with Gasteiger partial charge in [-0.05, 0) is 26.7 Å². The number of likely N-dealkylation sites (tertiary alicyclic amines) is 1. The summed E-state index contributed by atoms with van der Waals surface area (Å²) in [6, 6.07) is 1.83. The van der Waals surface area contributed by atoms with E-state index in [-0.39, 0.29) is 11.9 Å². The van der Waals surface area contributed by atoms with Crippen molar-refractivity contribution in [3.63, 3.8) is 0 Å². The van der Waals surface area contributed by atoms with Crippen molar-refractivity contribution in [2.24, 2.45) is 0 Å². The molecule has 0 spiro atoms. The number of carbonyl (C=O) groups is 1. The molecule has 6 heteroatoms. The molecular formula is C14H21N3O3. The van der Waals surface area contributed by atoms with Gasteiger partial charge in [0.1, 0.15) is 5.76 Å². The molecule has 0 radical (unpaired) electrons. The van der Waals surface area contributed by atoms with E-state index in [0.29, 0.717) is 30.7 Å². The van der Waals surface area contributed by atoms with Gasteiger partial charge in [0.25, 0.3) is 5.91 Å².